The third-order valence-corrected chi connectivity index (χ3v) is 5.42. The molecule has 1 aromatic heterocycles. The highest BCUT2D eigenvalue weighted by Gasteiger charge is 2.16. The van der Waals surface area contributed by atoms with Gasteiger partial charge in [0.2, 0.25) is 0 Å². The van der Waals surface area contributed by atoms with Crippen LogP contribution in [0, 0.1) is 11.3 Å². The number of carbonyl (C=O) groups excluding carboxylic acids is 1. The smallest absolute Gasteiger partial charge is 0.266 e. The molecule has 0 atom stereocenters. The number of aromatic nitrogens is 1. The predicted octanol–water partition coefficient (Wildman–Crippen LogP) is 4.62. The number of rotatable bonds is 8. The molecule has 3 aromatic carbocycles. The fourth-order valence-corrected chi connectivity index (χ4v) is 3.66. The van der Waals surface area contributed by atoms with E-state index < -0.39 is 5.56 Å². The Hall–Kier alpha value is -5.03. The molecule has 180 valence electrons. The number of anilines is 1. The van der Waals surface area contributed by atoms with Crippen molar-refractivity contribution in [3.05, 3.63) is 94.8 Å². The van der Waals surface area contributed by atoms with E-state index in [9.17, 15) is 14.9 Å². The summed E-state index contributed by atoms with van der Waals surface area (Å²) in [6.45, 7) is -0.223. The van der Waals surface area contributed by atoms with Gasteiger partial charge >= 0.3 is 0 Å². The number of para-hydroxylation sites is 1. The van der Waals surface area contributed by atoms with E-state index in [1.54, 1.807) is 55.6 Å². The van der Waals surface area contributed by atoms with Crippen LogP contribution in [0.2, 0.25) is 0 Å². The predicted molar refractivity (Wildman–Crippen MR) is 136 cm³/mol. The Morgan fingerprint density at radius 3 is 2.44 bits per heavy atom. The Kier molecular flexibility index (Phi) is 7.32. The molecule has 36 heavy (non-hydrogen) atoms. The van der Waals surface area contributed by atoms with Crippen molar-refractivity contribution in [3.63, 3.8) is 0 Å². The summed E-state index contributed by atoms with van der Waals surface area (Å²) in [5.74, 6) is 1.02. The number of hydrogen-bond acceptors (Lipinski definition) is 6. The summed E-state index contributed by atoms with van der Waals surface area (Å²) in [6, 6.07) is 25.0. The van der Waals surface area contributed by atoms with Crippen LogP contribution in [-0.4, -0.2) is 31.7 Å². The zero-order valence-corrected chi connectivity index (χ0v) is 19.7. The first-order chi connectivity index (χ1) is 17.5. The lowest BCUT2D eigenvalue weighted by atomic mass is 9.98. The lowest BCUT2D eigenvalue weighted by Crippen LogP contribution is -2.20. The number of nitrogens with zero attached hydrogens (tertiary/aromatic N) is 1. The first-order valence-corrected chi connectivity index (χ1v) is 11.0. The molecular formula is C28H23N3O5. The molecule has 0 saturated heterocycles. The highest BCUT2D eigenvalue weighted by molar-refractivity contribution is 5.91. The summed E-state index contributed by atoms with van der Waals surface area (Å²) in [6.07, 6.45) is 0. The molecule has 0 spiro atoms. The Labute approximate surface area is 207 Å². The van der Waals surface area contributed by atoms with Gasteiger partial charge in [-0.05, 0) is 48.0 Å². The molecule has 8 nitrogen and oxygen atoms in total. The summed E-state index contributed by atoms with van der Waals surface area (Å²) in [4.78, 5) is 27.7. The highest BCUT2D eigenvalue weighted by Crippen LogP contribution is 2.34. The molecule has 0 aliphatic rings. The van der Waals surface area contributed by atoms with Crippen LogP contribution in [0.1, 0.15) is 5.56 Å². The molecule has 0 aliphatic heterocycles. The Balaban J connectivity index is 1.63. The molecule has 0 fully saturated rings. The number of H-pyrrole nitrogens is 1. The molecule has 0 saturated carbocycles. The van der Waals surface area contributed by atoms with Crippen molar-refractivity contribution in [1.82, 2.24) is 4.98 Å². The number of hydrogen-bond donors (Lipinski definition) is 2. The maximum Gasteiger partial charge on any atom is 0.266 e. The van der Waals surface area contributed by atoms with Crippen LogP contribution in [0.5, 0.6) is 17.2 Å². The minimum absolute atomic E-state index is 0.0281. The normalized spacial score (nSPS) is 10.2. The number of ether oxygens (including phenoxy) is 3. The summed E-state index contributed by atoms with van der Waals surface area (Å²) in [5.41, 5.74) is 2.41. The van der Waals surface area contributed by atoms with Crippen LogP contribution >= 0.6 is 0 Å². The quantitative estimate of drug-likeness (QED) is 0.380. The molecule has 8 heteroatoms. The lowest BCUT2D eigenvalue weighted by Gasteiger charge is -2.14. The van der Waals surface area contributed by atoms with Crippen molar-refractivity contribution >= 4 is 11.6 Å². The topological polar surface area (TPSA) is 113 Å². The van der Waals surface area contributed by atoms with Crippen LogP contribution in [0.25, 0.3) is 22.4 Å². The van der Waals surface area contributed by atoms with Crippen molar-refractivity contribution in [2.24, 2.45) is 0 Å². The van der Waals surface area contributed by atoms with Crippen LogP contribution in [-0.2, 0) is 4.79 Å². The van der Waals surface area contributed by atoms with E-state index in [0.717, 1.165) is 5.56 Å². The third-order valence-electron chi connectivity index (χ3n) is 5.42. The molecule has 4 rings (SSSR count). The van der Waals surface area contributed by atoms with Gasteiger partial charge < -0.3 is 24.5 Å². The maximum atomic E-state index is 12.7. The molecule has 0 unspecified atom stereocenters. The van der Waals surface area contributed by atoms with E-state index in [0.29, 0.717) is 39.8 Å². The zero-order valence-electron chi connectivity index (χ0n) is 19.7. The molecule has 1 amide bonds. The molecule has 0 aliphatic carbocycles. The second-order valence-corrected chi connectivity index (χ2v) is 7.71. The van der Waals surface area contributed by atoms with Gasteiger partial charge in [-0.3, -0.25) is 9.59 Å². The standard InChI is InChI=1S/C28H23N3O5/c1-34-21-10-6-7-19(13-21)24-15-22(23(16-29)28(33)31-24)18-11-12-25(26(14-18)35-2)36-17-27(32)30-20-8-4-3-5-9-20/h3-15H,17H2,1-2H3,(H,30,32)(H,31,33). The summed E-state index contributed by atoms with van der Waals surface area (Å²) < 4.78 is 16.4. The van der Waals surface area contributed by atoms with Gasteiger partial charge in [0.15, 0.2) is 18.1 Å². The van der Waals surface area contributed by atoms with Gasteiger partial charge in [-0.25, -0.2) is 0 Å². The van der Waals surface area contributed by atoms with Gasteiger partial charge in [-0.2, -0.15) is 5.26 Å². The fraction of sp³-hybridized carbons (Fsp3) is 0.107. The number of methoxy groups -OCH3 is 2. The van der Waals surface area contributed by atoms with Gasteiger partial charge in [-0.15, -0.1) is 0 Å². The Bertz CT molecular complexity index is 1490. The lowest BCUT2D eigenvalue weighted by molar-refractivity contribution is -0.118. The van der Waals surface area contributed by atoms with Crippen molar-refractivity contribution in [1.29, 1.82) is 5.26 Å². The van der Waals surface area contributed by atoms with E-state index in [4.69, 9.17) is 14.2 Å². The van der Waals surface area contributed by atoms with Crippen LogP contribution in [0.4, 0.5) is 5.69 Å². The van der Waals surface area contributed by atoms with Gasteiger partial charge in [0.05, 0.1) is 14.2 Å². The van der Waals surface area contributed by atoms with E-state index >= 15 is 0 Å². The van der Waals surface area contributed by atoms with Crippen LogP contribution in [0.15, 0.2) is 83.7 Å². The highest BCUT2D eigenvalue weighted by atomic mass is 16.5. The van der Waals surface area contributed by atoms with Crippen molar-refractivity contribution in [3.8, 4) is 45.7 Å². The Morgan fingerprint density at radius 2 is 1.72 bits per heavy atom. The van der Waals surface area contributed by atoms with Gasteiger partial charge in [0.25, 0.3) is 11.5 Å². The number of pyridine rings is 1. The third kappa shape index (κ3) is 5.37. The number of benzene rings is 3. The molecule has 0 radical (unpaired) electrons. The average Bonchev–Trinajstić information content (AvgIpc) is 2.92. The first kappa shape index (κ1) is 24.1. The number of nitrogens with one attached hydrogen (secondary N) is 2. The monoisotopic (exact) mass is 481 g/mol. The van der Waals surface area contributed by atoms with Crippen molar-refractivity contribution < 1.29 is 19.0 Å². The van der Waals surface area contributed by atoms with Crippen LogP contribution in [0.3, 0.4) is 0 Å². The number of nitriles is 1. The number of amides is 1. The maximum absolute atomic E-state index is 12.7. The number of carbonyl (C=O) groups is 1. The van der Waals surface area contributed by atoms with E-state index in [2.05, 4.69) is 10.3 Å². The van der Waals surface area contributed by atoms with Gasteiger partial charge in [0, 0.05) is 22.5 Å². The van der Waals surface area contributed by atoms with E-state index in [1.165, 1.54) is 7.11 Å². The molecular weight excluding hydrogens is 458 g/mol. The zero-order chi connectivity index (χ0) is 25.5. The average molecular weight is 482 g/mol. The van der Waals surface area contributed by atoms with Crippen LogP contribution < -0.4 is 25.1 Å². The number of aromatic amines is 1. The second-order valence-electron chi connectivity index (χ2n) is 7.71. The summed E-state index contributed by atoms with van der Waals surface area (Å²) in [5, 5.41) is 12.4. The Morgan fingerprint density at radius 1 is 0.917 bits per heavy atom. The van der Waals surface area contributed by atoms with Crippen molar-refractivity contribution in [2.45, 2.75) is 0 Å². The first-order valence-electron chi connectivity index (χ1n) is 11.0. The summed E-state index contributed by atoms with van der Waals surface area (Å²) >= 11 is 0. The van der Waals surface area contributed by atoms with Crippen molar-refractivity contribution in [2.75, 3.05) is 26.1 Å². The van der Waals surface area contributed by atoms with Gasteiger partial charge in [-0.1, -0.05) is 36.4 Å². The second kappa shape index (κ2) is 10.9. The SMILES string of the molecule is COc1cccc(-c2cc(-c3ccc(OCC(=O)Nc4ccccc4)c(OC)c3)c(C#N)c(=O)[nH]2)c1. The molecule has 1 heterocycles. The van der Waals surface area contributed by atoms with Gasteiger partial charge in [0.1, 0.15) is 17.4 Å². The fourth-order valence-electron chi connectivity index (χ4n) is 3.66. The minimum Gasteiger partial charge on any atom is -0.497 e. The summed E-state index contributed by atoms with van der Waals surface area (Å²) in [7, 11) is 3.04. The molecule has 0 bridgehead atoms. The van der Waals surface area contributed by atoms with E-state index in [-0.39, 0.29) is 18.1 Å². The van der Waals surface area contributed by atoms with E-state index in [1.807, 2.05) is 36.4 Å². The molecule has 4 aromatic rings. The largest absolute Gasteiger partial charge is 0.497 e. The minimum atomic E-state index is -0.510. The molecule has 2 N–H and O–H groups in total.